The van der Waals surface area contributed by atoms with Gasteiger partial charge in [0.2, 0.25) is 0 Å². The lowest BCUT2D eigenvalue weighted by molar-refractivity contribution is -0.253. The van der Waals surface area contributed by atoms with Crippen LogP contribution in [0.4, 0.5) is 0 Å². The largest absolute Gasteiger partial charge is 0.395 e. The van der Waals surface area contributed by atoms with Crippen LogP contribution in [0.25, 0.3) is 11.1 Å². The Kier molecular flexibility index (Phi) is 9.75. The highest BCUT2D eigenvalue weighted by atomic mass is 16.7. The Labute approximate surface area is 258 Å². The predicted molar refractivity (Wildman–Crippen MR) is 167 cm³/mol. The number of aromatic nitrogens is 1. The first kappa shape index (κ1) is 30.1. The van der Waals surface area contributed by atoms with Crippen molar-refractivity contribution in [1.82, 2.24) is 15.2 Å². The third kappa shape index (κ3) is 7.23. The van der Waals surface area contributed by atoms with E-state index in [1.54, 1.807) is 24.5 Å². The topological polar surface area (TPSA) is 104 Å². The lowest BCUT2D eigenvalue weighted by Crippen LogP contribution is -2.42. The first-order valence-corrected chi connectivity index (χ1v) is 15.3. The fraction of sp³-hybridized carbons (Fsp3) is 0.333. The molecule has 0 saturated carbocycles. The van der Waals surface area contributed by atoms with Gasteiger partial charge in [-0.1, -0.05) is 60.7 Å². The molecule has 8 nitrogen and oxygen atoms in total. The maximum Gasteiger partial charge on any atom is 0.253 e. The number of hydrogen-bond acceptors (Lipinski definition) is 7. The number of amides is 1. The zero-order valence-corrected chi connectivity index (χ0v) is 24.7. The van der Waals surface area contributed by atoms with E-state index in [4.69, 9.17) is 9.47 Å². The average Bonchev–Trinajstić information content (AvgIpc) is 3.54. The number of aliphatic hydroxyl groups excluding tert-OH is 2. The van der Waals surface area contributed by atoms with Crippen molar-refractivity contribution in [2.75, 3.05) is 19.7 Å². The molecule has 8 heteroatoms. The normalized spacial score (nSPS) is 22.1. The third-order valence-electron chi connectivity index (χ3n) is 8.56. The molecule has 3 N–H and O–H groups in total. The van der Waals surface area contributed by atoms with E-state index < -0.39 is 6.29 Å². The van der Waals surface area contributed by atoms with Gasteiger partial charge in [0.1, 0.15) is 0 Å². The molecule has 2 aliphatic rings. The number of nitrogens with one attached hydrogen (secondary N) is 1. The molecule has 1 amide bonds. The zero-order chi connectivity index (χ0) is 30.3. The minimum Gasteiger partial charge on any atom is -0.395 e. The Morgan fingerprint density at radius 3 is 2.50 bits per heavy atom. The molecule has 0 aliphatic carbocycles. The summed E-state index contributed by atoms with van der Waals surface area (Å²) in [6, 6.07) is 28.0. The minimum atomic E-state index is -0.562. The summed E-state index contributed by atoms with van der Waals surface area (Å²) in [7, 11) is 0. The van der Waals surface area contributed by atoms with E-state index in [1.165, 1.54) is 0 Å². The average molecular weight is 594 g/mol. The van der Waals surface area contributed by atoms with Crippen LogP contribution in [0.15, 0.2) is 97.3 Å². The molecule has 44 heavy (non-hydrogen) atoms. The van der Waals surface area contributed by atoms with E-state index >= 15 is 0 Å². The van der Waals surface area contributed by atoms with Crippen molar-refractivity contribution in [2.24, 2.45) is 0 Å². The Morgan fingerprint density at radius 2 is 1.73 bits per heavy atom. The van der Waals surface area contributed by atoms with Crippen LogP contribution in [-0.2, 0) is 22.6 Å². The van der Waals surface area contributed by atoms with Gasteiger partial charge < -0.3 is 25.0 Å². The summed E-state index contributed by atoms with van der Waals surface area (Å²) in [6.07, 6.45) is 5.19. The standard InChI is InChI=1S/C36H39N3O5/c40-23-25-11-13-27(14-12-25)34-19-33(22-39-16-4-10-32(39)24-41)43-36(44-34)30-8-2-7-29(18-30)28-6-1-5-26(17-28)20-38-35(42)31-9-3-15-37-21-31/h1-3,5-9,11-15,17-18,21,32-34,36,40-41H,4,10,16,19-20,22-24H2,(H,38,42). The molecule has 3 heterocycles. The Bertz CT molecular complexity index is 1530. The van der Waals surface area contributed by atoms with Crippen LogP contribution in [0, 0.1) is 0 Å². The molecular formula is C36H39N3O5. The van der Waals surface area contributed by atoms with Gasteiger partial charge in [-0.2, -0.15) is 0 Å². The number of carbonyl (C=O) groups is 1. The second kappa shape index (κ2) is 14.2. The Morgan fingerprint density at radius 1 is 0.909 bits per heavy atom. The quantitative estimate of drug-likeness (QED) is 0.233. The van der Waals surface area contributed by atoms with Crippen molar-refractivity contribution in [3.8, 4) is 11.1 Å². The van der Waals surface area contributed by atoms with Crippen molar-refractivity contribution in [3.63, 3.8) is 0 Å². The number of carbonyl (C=O) groups excluding carboxylic acids is 1. The van der Waals surface area contributed by atoms with E-state index in [0.717, 1.165) is 59.3 Å². The molecule has 2 fully saturated rings. The molecule has 4 aromatic rings. The van der Waals surface area contributed by atoms with E-state index in [2.05, 4.69) is 39.5 Å². The Hall–Kier alpha value is -3.92. The molecule has 228 valence electrons. The Balaban J connectivity index is 1.20. The summed E-state index contributed by atoms with van der Waals surface area (Å²) in [4.78, 5) is 18.9. The number of aliphatic hydroxyl groups is 2. The summed E-state index contributed by atoms with van der Waals surface area (Å²) >= 11 is 0. The van der Waals surface area contributed by atoms with Crippen LogP contribution in [0.1, 0.15) is 64.3 Å². The van der Waals surface area contributed by atoms with Crippen molar-refractivity contribution in [2.45, 2.75) is 57.0 Å². The maximum atomic E-state index is 12.5. The van der Waals surface area contributed by atoms with Crippen LogP contribution in [0.3, 0.4) is 0 Å². The van der Waals surface area contributed by atoms with Crippen molar-refractivity contribution in [1.29, 1.82) is 0 Å². The van der Waals surface area contributed by atoms with E-state index in [-0.39, 0.29) is 37.4 Å². The number of nitrogens with zero attached hydrogens (tertiary/aromatic N) is 2. The predicted octanol–water partition coefficient (Wildman–Crippen LogP) is 5.17. The van der Waals surface area contributed by atoms with Gasteiger partial charge in [-0.15, -0.1) is 0 Å². The van der Waals surface area contributed by atoms with Crippen molar-refractivity contribution < 1.29 is 24.5 Å². The summed E-state index contributed by atoms with van der Waals surface area (Å²) < 4.78 is 13.2. The molecule has 0 radical (unpaired) electrons. The zero-order valence-electron chi connectivity index (χ0n) is 24.7. The summed E-state index contributed by atoms with van der Waals surface area (Å²) in [5, 5.41) is 22.4. The van der Waals surface area contributed by atoms with Gasteiger partial charge in [-0.05, 0) is 71.5 Å². The highest BCUT2D eigenvalue weighted by Gasteiger charge is 2.35. The molecule has 2 saturated heterocycles. The first-order chi connectivity index (χ1) is 21.6. The second-order valence-electron chi connectivity index (χ2n) is 11.6. The molecule has 3 aromatic carbocycles. The molecule has 4 atom stereocenters. The van der Waals surface area contributed by atoms with Gasteiger partial charge in [0.05, 0.1) is 31.0 Å². The summed E-state index contributed by atoms with van der Waals surface area (Å²) in [5.74, 6) is -0.161. The lowest BCUT2D eigenvalue weighted by Gasteiger charge is -2.38. The maximum absolute atomic E-state index is 12.5. The molecule has 1 aromatic heterocycles. The van der Waals surface area contributed by atoms with Gasteiger partial charge in [0.15, 0.2) is 6.29 Å². The van der Waals surface area contributed by atoms with Crippen molar-refractivity contribution in [3.05, 3.63) is 125 Å². The SMILES string of the molecule is O=C(NCc1cccc(-c2cccc(C3OC(CN4CCCC4CO)CC(c4ccc(CO)cc4)O3)c2)c1)c1cccnc1. The van der Waals surface area contributed by atoms with Crippen molar-refractivity contribution >= 4 is 5.91 Å². The minimum absolute atomic E-state index is 0.00252. The van der Waals surface area contributed by atoms with Crippen LogP contribution in [-0.4, -0.2) is 57.8 Å². The second-order valence-corrected chi connectivity index (χ2v) is 11.6. The number of pyridine rings is 1. The van der Waals surface area contributed by atoms with Gasteiger partial charge in [0.25, 0.3) is 5.91 Å². The van der Waals surface area contributed by atoms with E-state index in [1.807, 2.05) is 48.5 Å². The smallest absolute Gasteiger partial charge is 0.253 e. The monoisotopic (exact) mass is 593 g/mol. The summed E-state index contributed by atoms with van der Waals surface area (Å²) in [6.45, 7) is 2.26. The molecule has 2 aliphatic heterocycles. The molecule has 4 unspecified atom stereocenters. The van der Waals surface area contributed by atoms with E-state index in [9.17, 15) is 15.0 Å². The summed E-state index contributed by atoms with van der Waals surface area (Å²) in [5.41, 5.74) is 6.43. The fourth-order valence-electron chi connectivity index (χ4n) is 6.14. The molecule has 0 spiro atoms. The van der Waals surface area contributed by atoms with Gasteiger partial charge in [0, 0.05) is 43.5 Å². The number of ether oxygens (including phenoxy) is 2. The van der Waals surface area contributed by atoms with Gasteiger partial charge in [-0.3, -0.25) is 14.7 Å². The third-order valence-corrected chi connectivity index (χ3v) is 8.56. The van der Waals surface area contributed by atoms with Gasteiger partial charge >= 0.3 is 0 Å². The lowest BCUT2D eigenvalue weighted by atomic mass is 9.98. The highest BCUT2D eigenvalue weighted by molar-refractivity contribution is 5.93. The van der Waals surface area contributed by atoms with Crippen LogP contribution in [0.5, 0.6) is 0 Å². The molecule has 0 bridgehead atoms. The first-order valence-electron chi connectivity index (χ1n) is 15.3. The van der Waals surface area contributed by atoms with Crippen LogP contribution in [0.2, 0.25) is 0 Å². The number of likely N-dealkylation sites (tertiary alicyclic amines) is 1. The molecule has 6 rings (SSSR count). The van der Waals surface area contributed by atoms with Gasteiger partial charge in [-0.25, -0.2) is 0 Å². The number of hydrogen-bond donors (Lipinski definition) is 3. The number of rotatable bonds is 10. The fourth-order valence-corrected chi connectivity index (χ4v) is 6.14. The van der Waals surface area contributed by atoms with E-state index in [0.29, 0.717) is 18.5 Å². The molecular weight excluding hydrogens is 554 g/mol. The van der Waals surface area contributed by atoms with Crippen LogP contribution >= 0.6 is 0 Å². The highest BCUT2D eigenvalue weighted by Crippen LogP contribution is 2.39. The van der Waals surface area contributed by atoms with Crippen LogP contribution < -0.4 is 5.32 Å². The number of benzene rings is 3.